The molecule has 0 spiro atoms. The number of aryl methyl sites for hydroxylation is 2. The van der Waals surface area contributed by atoms with Gasteiger partial charge in [0.25, 0.3) is 0 Å². The molecule has 0 radical (unpaired) electrons. The lowest BCUT2D eigenvalue weighted by Gasteiger charge is -2.19. The summed E-state index contributed by atoms with van der Waals surface area (Å²) in [6.07, 6.45) is 2.72. The van der Waals surface area contributed by atoms with Crippen LogP contribution in [0.25, 0.3) is 0 Å². The van der Waals surface area contributed by atoms with Crippen molar-refractivity contribution in [1.82, 2.24) is 20.3 Å². The normalized spacial score (nSPS) is 12.6. The topological polar surface area (TPSA) is 42.7 Å². The Morgan fingerprint density at radius 1 is 1.42 bits per heavy atom. The summed E-state index contributed by atoms with van der Waals surface area (Å²) in [6, 6.07) is 4.74. The van der Waals surface area contributed by atoms with E-state index >= 15 is 0 Å². The van der Waals surface area contributed by atoms with Gasteiger partial charge in [0.2, 0.25) is 0 Å². The van der Waals surface area contributed by atoms with Gasteiger partial charge in [0.15, 0.2) is 0 Å². The Morgan fingerprint density at radius 3 is 2.89 bits per heavy atom. The molecular formula is C14H19FN4. The number of aromatic nitrogens is 3. The second-order valence-electron chi connectivity index (χ2n) is 4.60. The van der Waals surface area contributed by atoms with Gasteiger partial charge in [-0.2, -0.15) is 0 Å². The highest BCUT2D eigenvalue weighted by Gasteiger charge is 2.19. The number of rotatable bonds is 5. The molecule has 5 heteroatoms. The Labute approximate surface area is 112 Å². The third kappa shape index (κ3) is 2.81. The molecule has 2 rings (SSSR count). The molecule has 4 nitrogen and oxygen atoms in total. The molecule has 1 atom stereocenters. The van der Waals surface area contributed by atoms with E-state index in [1.165, 1.54) is 6.07 Å². The van der Waals surface area contributed by atoms with Crippen LogP contribution in [0, 0.1) is 12.7 Å². The number of hydrogen-bond donors (Lipinski definition) is 1. The molecule has 0 saturated heterocycles. The van der Waals surface area contributed by atoms with Crippen LogP contribution < -0.4 is 5.32 Å². The molecule has 0 aliphatic heterocycles. The van der Waals surface area contributed by atoms with Crippen LogP contribution >= 0.6 is 0 Å². The third-order valence-corrected chi connectivity index (χ3v) is 3.22. The Morgan fingerprint density at radius 2 is 2.21 bits per heavy atom. The van der Waals surface area contributed by atoms with Crippen LogP contribution in [0.1, 0.15) is 36.2 Å². The van der Waals surface area contributed by atoms with Crippen molar-refractivity contribution in [3.63, 3.8) is 0 Å². The minimum atomic E-state index is -0.227. The number of halogens is 1. The number of hydrogen-bond acceptors (Lipinski definition) is 3. The first-order chi connectivity index (χ1) is 9.17. The molecule has 0 bridgehead atoms. The SMILES string of the molecule is CCCn1nncc1C(NC)c1cc(F)ccc1C. The molecule has 0 fully saturated rings. The molecule has 19 heavy (non-hydrogen) atoms. The van der Waals surface area contributed by atoms with E-state index in [1.807, 2.05) is 18.7 Å². The Kier molecular flexibility index (Phi) is 4.27. The predicted octanol–water partition coefficient (Wildman–Crippen LogP) is 2.44. The van der Waals surface area contributed by atoms with Crippen molar-refractivity contribution < 1.29 is 4.39 Å². The number of benzene rings is 1. The molecule has 0 aliphatic rings. The zero-order chi connectivity index (χ0) is 13.8. The molecule has 1 unspecified atom stereocenters. The van der Waals surface area contributed by atoms with E-state index in [4.69, 9.17) is 0 Å². The van der Waals surface area contributed by atoms with Crippen LogP contribution in [-0.2, 0) is 6.54 Å². The maximum Gasteiger partial charge on any atom is 0.123 e. The van der Waals surface area contributed by atoms with Gasteiger partial charge in [-0.25, -0.2) is 9.07 Å². The lowest BCUT2D eigenvalue weighted by atomic mass is 9.99. The zero-order valence-electron chi connectivity index (χ0n) is 11.5. The highest BCUT2D eigenvalue weighted by Crippen LogP contribution is 2.24. The van der Waals surface area contributed by atoms with Crippen LogP contribution in [0.2, 0.25) is 0 Å². The standard InChI is InChI=1S/C14H19FN4/c1-4-7-19-13(9-17-18-19)14(16-3)12-8-11(15)6-5-10(12)2/h5-6,8-9,14,16H,4,7H2,1-3H3. The molecule has 1 heterocycles. The van der Waals surface area contributed by atoms with Crippen LogP contribution in [0.3, 0.4) is 0 Å². The molecule has 1 N–H and O–H groups in total. The third-order valence-electron chi connectivity index (χ3n) is 3.22. The van der Waals surface area contributed by atoms with Gasteiger partial charge in [-0.05, 0) is 43.7 Å². The highest BCUT2D eigenvalue weighted by molar-refractivity contribution is 5.34. The van der Waals surface area contributed by atoms with Gasteiger partial charge >= 0.3 is 0 Å². The maximum absolute atomic E-state index is 13.5. The van der Waals surface area contributed by atoms with Crippen LogP contribution in [0.4, 0.5) is 4.39 Å². The van der Waals surface area contributed by atoms with Crippen molar-refractivity contribution in [3.05, 3.63) is 47.0 Å². The maximum atomic E-state index is 13.5. The van der Waals surface area contributed by atoms with Gasteiger partial charge < -0.3 is 5.32 Å². The predicted molar refractivity (Wildman–Crippen MR) is 72.4 cm³/mol. The Bertz CT molecular complexity index is 550. The van der Waals surface area contributed by atoms with Gasteiger partial charge in [-0.3, -0.25) is 0 Å². The summed E-state index contributed by atoms with van der Waals surface area (Å²) in [5, 5.41) is 11.3. The van der Waals surface area contributed by atoms with E-state index < -0.39 is 0 Å². The van der Waals surface area contributed by atoms with Crippen molar-refractivity contribution in [2.24, 2.45) is 0 Å². The number of nitrogens with one attached hydrogen (secondary N) is 1. The monoisotopic (exact) mass is 262 g/mol. The van der Waals surface area contributed by atoms with Crippen LogP contribution in [0.15, 0.2) is 24.4 Å². The fraction of sp³-hybridized carbons (Fsp3) is 0.429. The average molecular weight is 262 g/mol. The summed E-state index contributed by atoms with van der Waals surface area (Å²) < 4.78 is 15.3. The van der Waals surface area contributed by atoms with Gasteiger partial charge in [0.1, 0.15) is 5.82 Å². The summed E-state index contributed by atoms with van der Waals surface area (Å²) in [7, 11) is 1.86. The molecule has 0 saturated carbocycles. The fourth-order valence-corrected chi connectivity index (χ4v) is 2.26. The van der Waals surface area contributed by atoms with E-state index in [9.17, 15) is 4.39 Å². The van der Waals surface area contributed by atoms with Crippen molar-refractivity contribution in [1.29, 1.82) is 0 Å². The first kappa shape index (κ1) is 13.7. The van der Waals surface area contributed by atoms with Gasteiger partial charge in [-0.15, -0.1) is 5.10 Å². The van der Waals surface area contributed by atoms with E-state index in [0.717, 1.165) is 29.8 Å². The summed E-state index contributed by atoms with van der Waals surface area (Å²) in [4.78, 5) is 0. The van der Waals surface area contributed by atoms with Gasteiger partial charge in [0.05, 0.1) is 17.9 Å². The quantitative estimate of drug-likeness (QED) is 0.900. The number of nitrogens with zero attached hydrogens (tertiary/aromatic N) is 3. The minimum Gasteiger partial charge on any atom is -0.308 e. The van der Waals surface area contributed by atoms with Crippen LogP contribution in [-0.4, -0.2) is 22.0 Å². The second kappa shape index (κ2) is 5.93. The zero-order valence-corrected chi connectivity index (χ0v) is 11.5. The van der Waals surface area contributed by atoms with E-state index in [-0.39, 0.29) is 11.9 Å². The first-order valence-electron chi connectivity index (χ1n) is 6.49. The molecule has 2 aromatic rings. The fourth-order valence-electron chi connectivity index (χ4n) is 2.26. The van der Waals surface area contributed by atoms with Crippen molar-refractivity contribution in [2.45, 2.75) is 32.9 Å². The molecule has 1 aromatic carbocycles. The molecule has 102 valence electrons. The average Bonchev–Trinajstić information content (AvgIpc) is 2.83. The lowest BCUT2D eigenvalue weighted by molar-refractivity contribution is 0.520. The first-order valence-corrected chi connectivity index (χ1v) is 6.49. The van der Waals surface area contributed by atoms with Crippen LogP contribution in [0.5, 0.6) is 0 Å². The summed E-state index contributed by atoms with van der Waals surface area (Å²) in [6.45, 7) is 4.88. The lowest BCUT2D eigenvalue weighted by Crippen LogP contribution is -2.22. The molecular weight excluding hydrogens is 243 g/mol. The second-order valence-corrected chi connectivity index (χ2v) is 4.60. The van der Waals surface area contributed by atoms with Gasteiger partial charge in [-0.1, -0.05) is 18.2 Å². The van der Waals surface area contributed by atoms with Crippen molar-refractivity contribution in [2.75, 3.05) is 7.05 Å². The summed E-state index contributed by atoms with van der Waals surface area (Å²) in [5.41, 5.74) is 2.92. The molecule has 1 aromatic heterocycles. The summed E-state index contributed by atoms with van der Waals surface area (Å²) in [5.74, 6) is -0.227. The Hall–Kier alpha value is -1.75. The largest absolute Gasteiger partial charge is 0.308 e. The summed E-state index contributed by atoms with van der Waals surface area (Å²) >= 11 is 0. The smallest absolute Gasteiger partial charge is 0.123 e. The Balaban J connectivity index is 2.44. The van der Waals surface area contributed by atoms with E-state index in [1.54, 1.807) is 18.3 Å². The van der Waals surface area contributed by atoms with Gasteiger partial charge in [0, 0.05) is 6.54 Å². The van der Waals surface area contributed by atoms with Crippen molar-refractivity contribution in [3.8, 4) is 0 Å². The minimum absolute atomic E-state index is 0.0998. The van der Waals surface area contributed by atoms with E-state index in [2.05, 4.69) is 22.6 Å². The highest BCUT2D eigenvalue weighted by atomic mass is 19.1. The van der Waals surface area contributed by atoms with Crippen molar-refractivity contribution >= 4 is 0 Å². The molecule has 0 amide bonds. The van der Waals surface area contributed by atoms with E-state index in [0.29, 0.717) is 0 Å². The molecule has 0 aliphatic carbocycles.